The van der Waals surface area contributed by atoms with Crippen molar-refractivity contribution in [1.82, 2.24) is 19.5 Å². The predicted octanol–water partition coefficient (Wildman–Crippen LogP) is 1.96. The van der Waals surface area contributed by atoms with Gasteiger partial charge in [0.2, 0.25) is 0 Å². The third-order valence-electron chi connectivity index (χ3n) is 3.14. The van der Waals surface area contributed by atoms with Crippen LogP contribution in [0.15, 0.2) is 29.5 Å². The first-order chi connectivity index (χ1) is 9.75. The fourth-order valence-electron chi connectivity index (χ4n) is 2.03. The lowest BCUT2D eigenvalue weighted by molar-refractivity contribution is 0.172. The third kappa shape index (κ3) is 2.50. The summed E-state index contributed by atoms with van der Waals surface area (Å²) in [7, 11) is 1.90. The Morgan fingerprint density at radius 1 is 1.40 bits per heavy atom. The van der Waals surface area contributed by atoms with Gasteiger partial charge in [0.1, 0.15) is 11.8 Å². The van der Waals surface area contributed by atoms with E-state index >= 15 is 0 Å². The maximum absolute atomic E-state index is 10.0. The number of rotatable bonds is 5. The Morgan fingerprint density at radius 2 is 2.30 bits per heavy atom. The van der Waals surface area contributed by atoms with Crippen molar-refractivity contribution in [3.05, 3.63) is 35.0 Å². The lowest BCUT2D eigenvalue weighted by Gasteiger charge is -2.10. The van der Waals surface area contributed by atoms with Crippen molar-refractivity contribution in [1.29, 1.82) is 0 Å². The second-order valence-corrected chi connectivity index (χ2v) is 5.32. The van der Waals surface area contributed by atoms with E-state index in [1.165, 1.54) is 6.33 Å². The number of hydrogen-bond acceptors (Lipinski definition) is 6. The van der Waals surface area contributed by atoms with E-state index in [4.69, 9.17) is 0 Å². The average molecular weight is 289 g/mol. The quantitative estimate of drug-likeness (QED) is 0.751. The van der Waals surface area contributed by atoms with Crippen molar-refractivity contribution >= 4 is 28.3 Å². The molecule has 0 fully saturated rings. The molecule has 0 amide bonds. The van der Waals surface area contributed by atoms with Gasteiger partial charge in [0.25, 0.3) is 0 Å². The molecule has 3 aromatic heterocycles. The molecule has 0 aliphatic rings. The zero-order chi connectivity index (χ0) is 13.9. The standard InChI is InChI=1S/C13H15N5OS/c1-18-8-17-11-12(15-7-16-13(11)18)14-4-2-10(19)9-3-5-20-6-9/h3,5-8,10,19H,2,4H2,1H3,(H,14,15,16). The summed E-state index contributed by atoms with van der Waals surface area (Å²) in [5.74, 6) is 0.702. The molecule has 0 aliphatic heterocycles. The summed E-state index contributed by atoms with van der Waals surface area (Å²) < 4.78 is 1.85. The highest BCUT2D eigenvalue weighted by molar-refractivity contribution is 7.07. The first-order valence-electron chi connectivity index (χ1n) is 6.32. The van der Waals surface area contributed by atoms with E-state index in [-0.39, 0.29) is 0 Å². The number of aliphatic hydroxyl groups is 1. The number of nitrogens with zero attached hydrogens (tertiary/aromatic N) is 4. The molecule has 20 heavy (non-hydrogen) atoms. The van der Waals surface area contributed by atoms with Crippen molar-refractivity contribution in [3.63, 3.8) is 0 Å². The zero-order valence-electron chi connectivity index (χ0n) is 11.0. The van der Waals surface area contributed by atoms with Crippen LogP contribution in [0.1, 0.15) is 18.1 Å². The Hall–Kier alpha value is -1.99. The first kappa shape index (κ1) is 13.0. The highest BCUT2D eigenvalue weighted by atomic mass is 32.1. The number of anilines is 1. The number of aliphatic hydroxyl groups excluding tert-OH is 1. The SMILES string of the molecule is Cn1cnc2c(NCCC(O)c3ccsc3)ncnc21. The number of thiophene rings is 1. The highest BCUT2D eigenvalue weighted by Gasteiger charge is 2.10. The minimum atomic E-state index is -0.449. The number of fused-ring (bicyclic) bond motifs is 1. The van der Waals surface area contributed by atoms with Crippen LogP contribution < -0.4 is 5.32 Å². The molecular formula is C13H15N5OS. The van der Waals surface area contributed by atoms with Gasteiger partial charge in [-0.15, -0.1) is 0 Å². The molecule has 0 radical (unpaired) electrons. The monoisotopic (exact) mass is 289 g/mol. The second-order valence-electron chi connectivity index (χ2n) is 4.54. The molecule has 0 aromatic carbocycles. The van der Waals surface area contributed by atoms with Gasteiger partial charge in [-0.2, -0.15) is 11.3 Å². The van der Waals surface area contributed by atoms with Crippen LogP contribution in [0.2, 0.25) is 0 Å². The summed E-state index contributed by atoms with van der Waals surface area (Å²) in [6.07, 6.45) is 3.40. The van der Waals surface area contributed by atoms with E-state index in [9.17, 15) is 5.11 Å². The molecule has 0 aliphatic carbocycles. The highest BCUT2D eigenvalue weighted by Crippen LogP contribution is 2.20. The molecule has 7 heteroatoms. The van der Waals surface area contributed by atoms with E-state index < -0.39 is 6.10 Å². The van der Waals surface area contributed by atoms with Crippen LogP contribution in [-0.4, -0.2) is 31.2 Å². The maximum Gasteiger partial charge on any atom is 0.165 e. The zero-order valence-corrected chi connectivity index (χ0v) is 11.8. The summed E-state index contributed by atoms with van der Waals surface area (Å²) in [5, 5.41) is 17.2. The Morgan fingerprint density at radius 3 is 3.10 bits per heavy atom. The van der Waals surface area contributed by atoms with Crippen LogP contribution in [0, 0.1) is 0 Å². The van der Waals surface area contributed by atoms with E-state index in [0.29, 0.717) is 18.8 Å². The number of hydrogen-bond donors (Lipinski definition) is 2. The summed E-state index contributed by atoms with van der Waals surface area (Å²) in [5.41, 5.74) is 2.50. The molecule has 3 aromatic rings. The van der Waals surface area contributed by atoms with E-state index in [1.54, 1.807) is 17.7 Å². The molecule has 3 rings (SSSR count). The van der Waals surface area contributed by atoms with Gasteiger partial charge in [-0.05, 0) is 28.8 Å². The van der Waals surface area contributed by atoms with Gasteiger partial charge in [0.15, 0.2) is 11.5 Å². The molecule has 2 N–H and O–H groups in total. The largest absolute Gasteiger partial charge is 0.388 e. The fourth-order valence-corrected chi connectivity index (χ4v) is 2.74. The van der Waals surface area contributed by atoms with Crippen LogP contribution in [0.5, 0.6) is 0 Å². The van der Waals surface area contributed by atoms with Crippen molar-refractivity contribution in [2.45, 2.75) is 12.5 Å². The van der Waals surface area contributed by atoms with Crippen LogP contribution in [0.4, 0.5) is 5.82 Å². The second kappa shape index (κ2) is 5.56. The van der Waals surface area contributed by atoms with Crippen molar-refractivity contribution in [3.8, 4) is 0 Å². The molecule has 0 bridgehead atoms. The van der Waals surface area contributed by atoms with Gasteiger partial charge in [0.05, 0.1) is 12.4 Å². The number of aryl methyl sites for hydroxylation is 1. The molecule has 0 spiro atoms. The molecule has 1 unspecified atom stereocenters. The van der Waals surface area contributed by atoms with Gasteiger partial charge in [-0.1, -0.05) is 0 Å². The molecule has 3 heterocycles. The molecular weight excluding hydrogens is 274 g/mol. The topological polar surface area (TPSA) is 75.9 Å². The average Bonchev–Trinajstić information content (AvgIpc) is 3.10. The smallest absolute Gasteiger partial charge is 0.165 e. The van der Waals surface area contributed by atoms with Gasteiger partial charge < -0.3 is 15.0 Å². The lowest BCUT2D eigenvalue weighted by atomic mass is 10.1. The molecule has 0 saturated carbocycles. The minimum absolute atomic E-state index is 0.449. The molecule has 104 valence electrons. The lowest BCUT2D eigenvalue weighted by Crippen LogP contribution is -2.09. The summed E-state index contributed by atoms with van der Waals surface area (Å²) in [6.45, 7) is 0.625. The third-order valence-corrected chi connectivity index (χ3v) is 3.84. The summed E-state index contributed by atoms with van der Waals surface area (Å²) in [4.78, 5) is 12.7. The maximum atomic E-state index is 10.0. The molecule has 6 nitrogen and oxygen atoms in total. The minimum Gasteiger partial charge on any atom is -0.388 e. The van der Waals surface area contributed by atoms with Crippen molar-refractivity contribution in [2.24, 2.45) is 7.05 Å². The van der Waals surface area contributed by atoms with E-state index in [0.717, 1.165) is 16.7 Å². The summed E-state index contributed by atoms with van der Waals surface area (Å²) >= 11 is 1.59. The van der Waals surface area contributed by atoms with E-state index in [1.807, 2.05) is 28.4 Å². The molecule has 0 saturated heterocycles. The molecule has 1 atom stereocenters. The van der Waals surface area contributed by atoms with Crippen molar-refractivity contribution < 1.29 is 5.11 Å². The van der Waals surface area contributed by atoms with E-state index in [2.05, 4.69) is 20.3 Å². The Labute approximate surface area is 120 Å². The number of nitrogens with one attached hydrogen (secondary N) is 1. The summed E-state index contributed by atoms with van der Waals surface area (Å²) in [6, 6.07) is 1.94. The van der Waals surface area contributed by atoms with Gasteiger partial charge >= 0.3 is 0 Å². The Balaban J connectivity index is 1.65. The fraction of sp³-hybridized carbons (Fsp3) is 0.308. The number of aromatic nitrogens is 4. The van der Waals surface area contributed by atoms with Crippen LogP contribution in [-0.2, 0) is 7.05 Å². The van der Waals surface area contributed by atoms with Gasteiger partial charge in [0, 0.05) is 13.6 Å². The van der Waals surface area contributed by atoms with Gasteiger partial charge in [-0.25, -0.2) is 15.0 Å². The Bertz CT molecular complexity index is 694. The number of imidazole rings is 1. The van der Waals surface area contributed by atoms with Crippen LogP contribution in [0.3, 0.4) is 0 Å². The Kier molecular flexibility index (Phi) is 3.62. The van der Waals surface area contributed by atoms with Gasteiger partial charge in [-0.3, -0.25) is 0 Å². The van der Waals surface area contributed by atoms with Crippen molar-refractivity contribution in [2.75, 3.05) is 11.9 Å². The predicted molar refractivity (Wildman–Crippen MR) is 78.7 cm³/mol. The normalized spacial score (nSPS) is 12.7. The van der Waals surface area contributed by atoms with Crippen LogP contribution >= 0.6 is 11.3 Å². The van der Waals surface area contributed by atoms with Crippen LogP contribution in [0.25, 0.3) is 11.2 Å². The first-order valence-corrected chi connectivity index (χ1v) is 7.26.